The Bertz CT molecular complexity index is 1190. The van der Waals surface area contributed by atoms with Gasteiger partial charge in [0.15, 0.2) is 0 Å². The van der Waals surface area contributed by atoms with E-state index in [0.717, 1.165) is 16.3 Å². The van der Waals surface area contributed by atoms with Crippen molar-refractivity contribution >= 4 is 52.0 Å². The molecule has 0 saturated heterocycles. The molecule has 8 heteroatoms. The number of nitrogens with zero attached hydrogens (tertiary/aromatic N) is 1. The van der Waals surface area contributed by atoms with Crippen molar-refractivity contribution in [3.8, 4) is 5.75 Å². The molecule has 3 aromatic carbocycles. The zero-order chi connectivity index (χ0) is 24.0. The van der Waals surface area contributed by atoms with Gasteiger partial charge < -0.3 is 10.1 Å². The summed E-state index contributed by atoms with van der Waals surface area (Å²) in [7, 11) is 0. The van der Waals surface area contributed by atoms with Crippen LogP contribution < -0.4 is 15.5 Å². The number of amides is 2. The minimum absolute atomic E-state index is 0.177. The van der Waals surface area contributed by atoms with Crippen LogP contribution in [-0.4, -0.2) is 30.7 Å². The second kappa shape index (κ2) is 11.2. The lowest BCUT2D eigenvalue weighted by Crippen LogP contribution is -2.48. The predicted octanol–water partition coefficient (Wildman–Crippen LogP) is 5.45. The van der Waals surface area contributed by atoms with Crippen molar-refractivity contribution in [1.29, 1.82) is 0 Å². The summed E-state index contributed by atoms with van der Waals surface area (Å²) in [6.07, 6.45) is 1.56. The van der Waals surface area contributed by atoms with Crippen LogP contribution in [0.3, 0.4) is 0 Å². The number of benzene rings is 3. The first kappa shape index (κ1) is 24.6. The van der Waals surface area contributed by atoms with Gasteiger partial charge in [0.05, 0.1) is 22.9 Å². The second-order valence-corrected chi connectivity index (χ2v) is 8.50. The summed E-state index contributed by atoms with van der Waals surface area (Å²) < 4.78 is 5.73. The number of nitrogens with one attached hydrogen (secondary N) is 2. The lowest BCUT2D eigenvalue weighted by Gasteiger charge is -2.20. The van der Waals surface area contributed by atoms with Gasteiger partial charge in [-0.2, -0.15) is 5.10 Å². The van der Waals surface area contributed by atoms with Crippen LogP contribution in [0.5, 0.6) is 5.75 Å². The molecular weight excluding hydrogens is 461 g/mol. The van der Waals surface area contributed by atoms with Crippen molar-refractivity contribution in [2.24, 2.45) is 11.0 Å². The molecule has 1 unspecified atom stereocenters. The van der Waals surface area contributed by atoms with E-state index >= 15 is 0 Å². The Balaban J connectivity index is 1.77. The van der Waals surface area contributed by atoms with E-state index in [4.69, 9.17) is 27.9 Å². The molecule has 0 saturated carbocycles. The number of halogens is 2. The maximum Gasteiger partial charge on any atom is 0.262 e. The van der Waals surface area contributed by atoms with Gasteiger partial charge in [-0.15, -0.1) is 0 Å². The molecule has 0 fully saturated rings. The van der Waals surface area contributed by atoms with Gasteiger partial charge in [0, 0.05) is 11.1 Å². The summed E-state index contributed by atoms with van der Waals surface area (Å²) in [4.78, 5) is 25.5. The third-order valence-corrected chi connectivity index (χ3v) is 5.76. The fourth-order valence-corrected chi connectivity index (χ4v) is 3.62. The van der Waals surface area contributed by atoms with E-state index in [1.165, 1.54) is 12.1 Å². The van der Waals surface area contributed by atoms with Gasteiger partial charge in [-0.25, -0.2) is 5.43 Å². The minimum atomic E-state index is -0.803. The molecule has 0 aliphatic rings. The Labute approximate surface area is 202 Å². The van der Waals surface area contributed by atoms with E-state index in [2.05, 4.69) is 15.8 Å². The van der Waals surface area contributed by atoms with Crippen LogP contribution in [0.25, 0.3) is 10.8 Å². The highest BCUT2D eigenvalue weighted by atomic mass is 35.5. The highest BCUT2D eigenvalue weighted by Gasteiger charge is 2.25. The predicted molar refractivity (Wildman–Crippen MR) is 133 cm³/mol. The quantitative estimate of drug-likeness (QED) is 0.328. The summed E-state index contributed by atoms with van der Waals surface area (Å²) in [6.45, 7) is 6.07. The Morgan fingerprint density at radius 3 is 2.52 bits per heavy atom. The molecule has 33 heavy (non-hydrogen) atoms. The van der Waals surface area contributed by atoms with Crippen molar-refractivity contribution in [2.75, 3.05) is 6.61 Å². The van der Waals surface area contributed by atoms with E-state index in [9.17, 15) is 9.59 Å². The van der Waals surface area contributed by atoms with Gasteiger partial charge >= 0.3 is 0 Å². The standard InChI is InChI=1S/C25H25Cl2N3O3/c1-4-33-22-12-10-16-7-5-6-8-18(16)19(22)14-28-30-25(32)23(15(2)3)29-24(31)17-9-11-20(26)21(27)13-17/h5-15,23H,4H2,1-3H3,(H,29,31)(H,30,32). The molecule has 3 aromatic rings. The molecule has 0 aliphatic carbocycles. The molecule has 0 bridgehead atoms. The SMILES string of the molecule is CCOc1ccc2ccccc2c1C=NNC(=O)C(NC(=O)c1ccc(Cl)c(Cl)c1)C(C)C. The zero-order valence-corrected chi connectivity index (χ0v) is 20.1. The summed E-state index contributed by atoms with van der Waals surface area (Å²) in [6, 6.07) is 15.4. The van der Waals surface area contributed by atoms with E-state index < -0.39 is 17.9 Å². The number of ether oxygens (including phenoxy) is 1. The van der Waals surface area contributed by atoms with Crippen molar-refractivity contribution < 1.29 is 14.3 Å². The number of hydrogen-bond donors (Lipinski definition) is 2. The van der Waals surface area contributed by atoms with Crippen molar-refractivity contribution in [3.05, 3.63) is 75.8 Å². The van der Waals surface area contributed by atoms with E-state index in [0.29, 0.717) is 22.9 Å². The fourth-order valence-electron chi connectivity index (χ4n) is 3.32. The highest BCUT2D eigenvalue weighted by molar-refractivity contribution is 6.42. The first-order valence-electron chi connectivity index (χ1n) is 10.5. The molecule has 0 heterocycles. The van der Waals surface area contributed by atoms with E-state index in [1.54, 1.807) is 12.3 Å². The molecule has 6 nitrogen and oxygen atoms in total. The number of carbonyl (C=O) groups excluding carboxylic acids is 2. The van der Waals surface area contributed by atoms with Crippen LogP contribution >= 0.6 is 23.2 Å². The molecule has 172 valence electrons. The van der Waals surface area contributed by atoms with Crippen LogP contribution in [0.2, 0.25) is 10.0 Å². The molecule has 2 N–H and O–H groups in total. The molecule has 1 atom stereocenters. The fraction of sp³-hybridized carbons (Fsp3) is 0.240. The Hall–Kier alpha value is -3.09. The van der Waals surface area contributed by atoms with Gasteiger partial charge in [0.25, 0.3) is 11.8 Å². The first-order valence-corrected chi connectivity index (χ1v) is 11.3. The third-order valence-electron chi connectivity index (χ3n) is 5.02. The molecule has 0 radical (unpaired) electrons. The monoisotopic (exact) mass is 485 g/mol. The zero-order valence-electron chi connectivity index (χ0n) is 18.6. The van der Waals surface area contributed by atoms with Gasteiger partial charge in [-0.05, 0) is 47.9 Å². The van der Waals surface area contributed by atoms with Crippen LogP contribution in [0.4, 0.5) is 0 Å². The average Bonchev–Trinajstić information content (AvgIpc) is 2.80. The van der Waals surface area contributed by atoms with Crippen LogP contribution in [0, 0.1) is 5.92 Å². The van der Waals surface area contributed by atoms with Crippen LogP contribution in [0.15, 0.2) is 59.7 Å². The van der Waals surface area contributed by atoms with Gasteiger partial charge in [0.2, 0.25) is 0 Å². The summed E-state index contributed by atoms with van der Waals surface area (Å²) in [5.74, 6) is -0.377. The number of rotatable bonds is 8. The van der Waals surface area contributed by atoms with E-state index in [-0.39, 0.29) is 10.9 Å². The molecular formula is C25H25Cl2N3O3. The lowest BCUT2D eigenvalue weighted by atomic mass is 10.0. The maximum atomic E-state index is 12.8. The topological polar surface area (TPSA) is 79.8 Å². The maximum absolute atomic E-state index is 12.8. The van der Waals surface area contributed by atoms with Crippen molar-refractivity contribution in [2.45, 2.75) is 26.8 Å². The smallest absolute Gasteiger partial charge is 0.262 e. The first-order chi connectivity index (χ1) is 15.8. The van der Waals surface area contributed by atoms with Crippen LogP contribution in [-0.2, 0) is 4.79 Å². The van der Waals surface area contributed by atoms with Gasteiger partial charge in [-0.1, -0.05) is 67.4 Å². The lowest BCUT2D eigenvalue weighted by molar-refractivity contribution is -0.123. The molecule has 0 spiro atoms. The Kier molecular flexibility index (Phi) is 8.31. The summed E-state index contributed by atoms with van der Waals surface area (Å²) in [5.41, 5.74) is 3.61. The number of fused-ring (bicyclic) bond motifs is 1. The summed E-state index contributed by atoms with van der Waals surface area (Å²) >= 11 is 11.9. The van der Waals surface area contributed by atoms with Gasteiger partial charge in [-0.3, -0.25) is 9.59 Å². The Morgan fingerprint density at radius 2 is 1.82 bits per heavy atom. The number of hydrogen-bond acceptors (Lipinski definition) is 4. The van der Waals surface area contributed by atoms with Gasteiger partial charge in [0.1, 0.15) is 11.8 Å². The largest absolute Gasteiger partial charge is 0.493 e. The van der Waals surface area contributed by atoms with E-state index in [1.807, 2.05) is 57.2 Å². The summed E-state index contributed by atoms with van der Waals surface area (Å²) in [5, 5.41) is 9.48. The number of hydrazone groups is 1. The van der Waals surface area contributed by atoms with Crippen molar-refractivity contribution in [1.82, 2.24) is 10.7 Å². The second-order valence-electron chi connectivity index (χ2n) is 7.69. The average molecular weight is 486 g/mol. The molecule has 0 aromatic heterocycles. The molecule has 0 aliphatic heterocycles. The normalized spacial score (nSPS) is 12.2. The molecule has 2 amide bonds. The highest BCUT2D eigenvalue weighted by Crippen LogP contribution is 2.27. The number of carbonyl (C=O) groups is 2. The van der Waals surface area contributed by atoms with Crippen molar-refractivity contribution in [3.63, 3.8) is 0 Å². The third kappa shape index (κ3) is 6.03. The minimum Gasteiger partial charge on any atom is -0.493 e. The Morgan fingerprint density at radius 1 is 1.06 bits per heavy atom. The molecule has 3 rings (SSSR count). The van der Waals surface area contributed by atoms with Crippen LogP contribution in [0.1, 0.15) is 36.7 Å².